The van der Waals surface area contributed by atoms with Crippen molar-refractivity contribution in [3.63, 3.8) is 0 Å². The van der Waals surface area contributed by atoms with Crippen LogP contribution in [-0.4, -0.2) is 28.0 Å². The molecule has 6 nitrogen and oxygen atoms in total. The minimum absolute atomic E-state index is 0.243. The molecule has 1 N–H and O–H groups in total. The summed E-state index contributed by atoms with van der Waals surface area (Å²) in [5, 5.41) is 3.37. The zero-order valence-electron chi connectivity index (χ0n) is 13.1. The molecule has 3 aromatic rings. The van der Waals surface area contributed by atoms with Crippen LogP contribution in [0.4, 0.5) is 5.13 Å². The van der Waals surface area contributed by atoms with Crippen molar-refractivity contribution in [2.24, 2.45) is 0 Å². The Balaban J connectivity index is 1.88. The number of carbonyl (C=O) groups is 1. The largest absolute Gasteiger partial charge is 0.497 e. The number of aromatic nitrogens is 3. The Morgan fingerprint density at radius 1 is 1.35 bits per heavy atom. The number of nitrogens with one attached hydrogen (secondary N) is 1. The molecule has 23 heavy (non-hydrogen) atoms. The van der Waals surface area contributed by atoms with Gasteiger partial charge in [-0.3, -0.25) is 10.1 Å². The fourth-order valence-corrected chi connectivity index (χ4v) is 3.12. The summed E-state index contributed by atoms with van der Waals surface area (Å²) in [6, 6.07) is 5.61. The van der Waals surface area contributed by atoms with Gasteiger partial charge in [0.05, 0.1) is 28.6 Å². The summed E-state index contributed by atoms with van der Waals surface area (Å²) in [7, 11) is 1.62. The summed E-state index contributed by atoms with van der Waals surface area (Å²) in [5.41, 5.74) is 2.04. The molecule has 0 unspecified atom stereocenters. The molecule has 0 saturated carbocycles. The van der Waals surface area contributed by atoms with E-state index < -0.39 is 0 Å². The molecule has 0 aliphatic rings. The van der Waals surface area contributed by atoms with Crippen molar-refractivity contribution in [3.05, 3.63) is 41.5 Å². The van der Waals surface area contributed by atoms with Gasteiger partial charge in [-0.1, -0.05) is 18.3 Å². The van der Waals surface area contributed by atoms with Gasteiger partial charge in [0.15, 0.2) is 5.13 Å². The number of benzene rings is 1. The summed E-state index contributed by atoms with van der Waals surface area (Å²) in [5.74, 6) is 1.18. The molecule has 0 atom stereocenters. The van der Waals surface area contributed by atoms with E-state index >= 15 is 0 Å². The highest BCUT2D eigenvalue weighted by Gasteiger charge is 2.15. The average molecular weight is 328 g/mol. The van der Waals surface area contributed by atoms with Crippen molar-refractivity contribution >= 4 is 32.6 Å². The molecule has 0 spiro atoms. The van der Waals surface area contributed by atoms with E-state index in [1.165, 1.54) is 11.3 Å². The van der Waals surface area contributed by atoms with Crippen LogP contribution < -0.4 is 10.1 Å². The first-order valence-corrected chi connectivity index (χ1v) is 8.00. The van der Waals surface area contributed by atoms with Crippen molar-refractivity contribution in [1.29, 1.82) is 0 Å². The van der Waals surface area contributed by atoms with Crippen LogP contribution in [0.25, 0.3) is 10.2 Å². The molecular weight excluding hydrogens is 312 g/mol. The fraction of sp³-hybridized carbons (Fsp3) is 0.250. The second-order valence-electron chi connectivity index (χ2n) is 4.94. The number of nitrogens with zero attached hydrogens (tertiary/aromatic N) is 3. The number of thiazole rings is 1. The lowest BCUT2D eigenvalue weighted by Crippen LogP contribution is -2.16. The van der Waals surface area contributed by atoms with E-state index in [2.05, 4.69) is 20.3 Å². The number of carbonyl (C=O) groups excluding carboxylic acids is 1. The maximum atomic E-state index is 12.5. The molecule has 0 aliphatic heterocycles. The third-order valence-corrected chi connectivity index (χ3v) is 4.32. The predicted octanol–water partition coefficient (Wildman–Crippen LogP) is 3.22. The number of rotatable bonds is 4. The van der Waals surface area contributed by atoms with Crippen LogP contribution >= 0.6 is 11.3 Å². The van der Waals surface area contributed by atoms with Gasteiger partial charge >= 0.3 is 0 Å². The molecule has 2 heterocycles. The summed E-state index contributed by atoms with van der Waals surface area (Å²) < 4.78 is 6.15. The molecule has 3 rings (SSSR count). The average Bonchev–Trinajstić information content (AvgIpc) is 2.95. The number of amides is 1. The van der Waals surface area contributed by atoms with Crippen LogP contribution in [0.15, 0.2) is 24.4 Å². The lowest BCUT2D eigenvalue weighted by Gasteiger charge is -2.06. The summed E-state index contributed by atoms with van der Waals surface area (Å²) >= 11 is 1.40. The van der Waals surface area contributed by atoms with Gasteiger partial charge in [0.1, 0.15) is 11.6 Å². The molecule has 7 heteroatoms. The highest BCUT2D eigenvalue weighted by Crippen LogP contribution is 2.29. The van der Waals surface area contributed by atoms with Crippen LogP contribution in [0, 0.1) is 6.92 Å². The van der Waals surface area contributed by atoms with E-state index in [1.54, 1.807) is 13.3 Å². The lowest BCUT2D eigenvalue weighted by molar-refractivity contribution is 0.102. The Kier molecular flexibility index (Phi) is 4.20. The van der Waals surface area contributed by atoms with Gasteiger partial charge in [-0.2, -0.15) is 0 Å². The first-order valence-electron chi connectivity index (χ1n) is 7.19. The number of aryl methyl sites for hydroxylation is 2. The predicted molar refractivity (Wildman–Crippen MR) is 90.3 cm³/mol. The second-order valence-corrected chi connectivity index (χ2v) is 5.97. The maximum Gasteiger partial charge on any atom is 0.260 e. The topological polar surface area (TPSA) is 77.0 Å². The SMILES string of the molecule is CCc1nc(C)ncc1C(=O)Nc1nc2ccc(OC)cc2s1. The fourth-order valence-electron chi connectivity index (χ4n) is 2.23. The monoisotopic (exact) mass is 328 g/mol. The Hall–Kier alpha value is -2.54. The Morgan fingerprint density at radius 3 is 2.91 bits per heavy atom. The van der Waals surface area contributed by atoms with Crippen LogP contribution in [-0.2, 0) is 6.42 Å². The van der Waals surface area contributed by atoms with Crippen LogP contribution in [0.5, 0.6) is 5.75 Å². The van der Waals surface area contributed by atoms with Gasteiger partial charge in [-0.25, -0.2) is 15.0 Å². The van der Waals surface area contributed by atoms with Crippen LogP contribution in [0.1, 0.15) is 28.8 Å². The van der Waals surface area contributed by atoms with Crippen molar-refractivity contribution in [2.75, 3.05) is 12.4 Å². The minimum atomic E-state index is -0.243. The number of fused-ring (bicyclic) bond motifs is 1. The molecule has 0 aliphatic carbocycles. The first-order chi connectivity index (χ1) is 11.1. The molecule has 0 fully saturated rings. The number of ether oxygens (including phenoxy) is 1. The summed E-state index contributed by atoms with van der Waals surface area (Å²) in [6.07, 6.45) is 2.23. The van der Waals surface area contributed by atoms with Gasteiger partial charge in [-0.15, -0.1) is 0 Å². The molecule has 0 saturated heterocycles. The van der Waals surface area contributed by atoms with E-state index in [1.807, 2.05) is 32.0 Å². The van der Waals surface area contributed by atoms with E-state index in [-0.39, 0.29) is 5.91 Å². The Labute approximate surface area is 137 Å². The van der Waals surface area contributed by atoms with E-state index in [9.17, 15) is 4.79 Å². The lowest BCUT2D eigenvalue weighted by atomic mass is 10.2. The zero-order valence-corrected chi connectivity index (χ0v) is 13.9. The highest BCUT2D eigenvalue weighted by atomic mass is 32.1. The molecule has 2 aromatic heterocycles. The Morgan fingerprint density at radius 2 is 2.17 bits per heavy atom. The van der Waals surface area contributed by atoms with Crippen LogP contribution in [0.2, 0.25) is 0 Å². The maximum absolute atomic E-state index is 12.5. The molecular formula is C16H16N4O2S. The first kappa shape index (κ1) is 15.4. The molecule has 1 aromatic carbocycles. The quantitative estimate of drug-likeness (QED) is 0.795. The van der Waals surface area contributed by atoms with Crippen molar-refractivity contribution in [3.8, 4) is 5.75 Å². The standard InChI is InChI=1S/C16H16N4O2S/c1-4-12-11(8-17-9(2)18-12)15(21)20-16-19-13-6-5-10(22-3)7-14(13)23-16/h5-8H,4H2,1-3H3,(H,19,20,21). The number of hydrogen-bond acceptors (Lipinski definition) is 6. The Bertz CT molecular complexity index is 876. The van der Waals surface area contributed by atoms with Gasteiger partial charge in [-0.05, 0) is 31.5 Å². The number of methoxy groups -OCH3 is 1. The van der Waals surface area contributed by atoms with Crippen molar-refractivity contribution in [2.45, 2.75) is 20.3 Å². The number of hydrogen-bond donors (Lipinski definition) is 1. The van der Waals surface area contributed by atoms with Crippen molar-refractivity contribution < 1.29 is 9.53 Å². The van der Waals surface area contributed by atoms with E-state index in [4.69, 9.17) is 4.74 Å². The van der Waals surface area contributed by atoms with E-state index in [0.29, 0.717) is 22.9 Å². The smallest absolute Gasteiger partial charge is 0.260 e. The molecule has 1 amide bonds. The summed E-state index contributed by atoms with van der Waals surface area (Å²) in [4.78, 5) is 25.3. The van der Waals surface area contributed by atoms with E-state index in [0.717, 1.165) is 21.7 Å². The molecule has 118 valence electrons. The molecule has 0 radical (unpaired) electrons. The third kappa shape index (κ3) is 3.14. The highest BCUT2D eigenvalue weighted by molar-refractivity contribution is 7.22. The van der Waals surface area contributed by atoms with Crippen molar-refractivity contribution in [1.82, 2.24) is 15.0 Å². The van der Waals surface area contributed by atoms with Crippen LogP contribution in [0.3, 0.4) is 0 Å². The normalized spacial score (nSPS) is 10.7. The minimum Gasteiger partial charge on any atom is -0.497 e. The molecule has 0 bridgehead atoms. The third-order valence-electron chi connectivity index (χ3n) is 3.38. The zero-order chi connectivity index (χ0) is 16.4. The van der Waals surface area contributed by atoms with Gasteiger partial charge in [0, 0.05) is 6.20 Å². The number of anilines is 1. The van der Waals surface area contributed by atoms with Gasteiger partial charge in [0.25, 0.3) is 5.91 Å². The van der Waals surface area contributed by atoms with Gasteiger partial charge < -0.3 is 4.74 Å². The second kappa shape index (κ2) is 6.29. The van der Waals surface area contributed by atoms with Gasteiger partial charge in [0.2, 0.25) is 0 Å². The summed E-state index contributed by atoms with van der Waals surface area (Å²) in [6.45, 7) is 3.77.